The number of methoxy groups -OCH3 is 1. The first-order valence-corrected chi connectivity index (χ1v) is 7.93. The first-order chi connectivity index (χ1) is 12.1. The van der Waals surface area contributed by atoms with Gasteiger partial charge in [-0.2, -0.15) is 0 Å². The number of anilines is 1. The van der Waals surface area contributed by atoms with Crippen molar-refractivity contribution in [3.05, 3.63) is 58.1 Å². The van der Waals surface area contributed by atoms with Crippen molar-refractivity contribution >= 4 is 17.3 Å². The first-order valence-electron chi connectivity index (χ1n) is 7.93. The summed E-state index contributed by atoms with van der Waals surface area (Å²) in [5.41, 5.74) is 1.94. The van der Waals surface area contributed by atoms with Gasteiger partial charge in [0.05, 0.1) is 12.0 Å². The number of carbonyl (C=O) groups excluding carboxylic acids is 1. The Morgan fingerprint density at radius 1 is 1.20 bits per heavy atom. The molecular formula is C18H18N2O5. The highest BCUT2D eigenvalue weighted by Crippen LogP contribution is 2.30. The third-order valence-electron chi connectivity index (χ3n) is 4.12. The Labute approximate surface area is 144 Å². The van der Waals surface area contributed by atoms with Crippen molar-refractivity contribution in [2.45, 2.75) is 12.8 Å². The van der Waals surface area contributed by atoms with E-state index in [-0.39, 0.29) is 18.2 Å². The second-order valence-electron chi connectivity index (χ2n) is 5.68. The minimum Gasteiger partial charge on any atom is -0.497 e. The highest BCUT2D eigenvalue weighted by atomic mass is 16.6. The van der Waals surface area contributed by atoms with Crippen LogP contribution in [-0.2, 0) is 11.2 Å². The van der Waals surface area contributed by atoms with E-state index in [2.05, 4.69) is 0 Å². The van der Waals surface area contributed by atoms with Gasteiger partial charge in [-0.3, -0.25) is 14.9 Å². The quantitative estimate of drug-likeness (QED) is 0.616. The Hall–Kier alpha value is -3.09. The third-order valence-corrected chi connectivity index (χ3v) is 4.12. The molecule has 1 heterocycles. The number of carbonyl (C=O) groups is 1. The van der Waals surface area contributed by atoms with E-state index in [1.807, 2.05) is 18.2 Å². The van der Waals surface area contributed by atoms with Crippen molar-refractivity contribution in [2.24, 2.45) is 0 Å². The zero-order valence-corrected chi connectivity index (χ0v) is 13.8. The third kappa shape index (κ3) is 3.71. The molecule has 1 aliphatic rings. The van der Waals surface area contributed by atoms with Crippen molar-refractivity contribution in [3.8, 4) is 11.5 Å². The molecule has 1 aliphatic heterocycles. The van der Waals surface area contributed by atoms with Gasteiger partial charge in [0, 0.05) is 24.4 Å². The van der Waals surface area contributed by atoms with E-state index in [1.54, 1.807) is 12.0 Å². The van der Waals surface area contributed by atoms with E-state index < -0.39 is 4.92 Å². The van der Waals surface area contributed by atoms with Crippen molar-refractivity contribution in [2.75, 3.05) is 25.2 Å². The van der Waals surface area contributed by atoms with Gasteiger partial charge in [-0.05, 0) is 48.7 Å². The van der Waals surface area contributed by atoms with Crippen LogP contribution in [0.1, 0.15) is 12.0 Å². The summed E-state index contributed by atoms with van der Waals surface area (Å²) in [6.07, 6.45) is 1.78. The molecule has 0 bridgehead atoms. The molecule has 0 N–H and O–H groups in total. The molecule has 0 radical (unpaired) electrons. The molecule has 3 rings (SSSR count). The van der Waals surface area contributed by atoms with Crippen LogP contribution in [0.15, 0.2) is 42.5 Å². The van der Waals surface area contributed by atoms with Crippen molar-refractivity contribution < 1.29 is 19.2 Å². The number of ether oxygens (including phenoxy) is 2. The Kier molecular flexibility index (Phi) is 4.83. The number of amides is 1. The lowest BCUT2D eigenvalue weighted by atomic mass is 10.0. The Morgan fingerprint density at radius 3 is 2.60 bits per heavy atom. The second kappa shape index (κ2) is 7.21. The number of rotatable bonds is 5. The number of non-ortho nitro benzene ring substituents is 1. The fourth-order valence-electron chi connectivity index (χ4n) is 2.85. The molecule has 0 atom stereocenters. The van der Waals surface area contributed by atoms with Crippen molar-refractivity contribution in [3.63, 3.8) is 0 Å². The van der Waals surface area contributed by atoms with E-state index in [4.69, 9.17) is 9.47 Å². The van der Waals surface area contributed by atoms with E-state index in [1.165, 1.54) is 24.3 Å². The van der Waals surface area contributed by atoms with Crippen LogP contribution in [0.5, 0.6) is 11.5 Å². The van der Waals surface area contributed by atoms with Crippen LogP contribution in [0.4, 0.5) is 11.4 Å². The molecule has 0 aliphatic carbocycles. The van der Waals surface area contributed by atoms with Crippen LogP contribution < -0.4 is 14.4 Å². The molecule has 0 fully saturated rings. The van der Waals surface area contributed by atoms with Gasteiger partial charge >= 0.3 is 0 Å². The summed E-state index contributed by atoms with van der Waals surface area (Å²) in [6.45, 7) is 0.519. The summed E-state index contributed by atoms with van der Waals surface area (Å²) >= 11 is 0. The molecular weight excluding hydrogens is 324 g/mol. The monoisotopic (exact) mass is 342 g/mol. The van der Waals surface area contributed by atoms with Crippen molar-refractivity contribution in [1.29, 1.82) is 0 Å². The molecule has 0 aromatic heterocycles. The van der Waals surface area contributed by atoms with Gasteiger partial charge in [-0.1, -0.05) is 0 Å². The molecule has 0 unspecified atom stereocenters. The number of aryl methyl sites for hydroxylation is 1. The van der Waals surface area contributed by atoms with Crippen LogP contribution in [0.3, 0.4) is 0 Å². The van der Waals surface area contributed by atoms with E-state index >= 15 is 0 Å². The average Bonchev–Trinajstić information content (AvgIpc) is 2.65. The lowest BCUT2D eigenvalue weighted by molar-refractivity contribution is -0.384. The first kappa shape index (κ1) is 16.8. The predicted octanol–water partition coefficient (Wildman–Crippen LogP) is 2.96. The highest BCUT2D eigenvalue weighted by molar-refractivity contribution is 5.95. The summed E-state index contributed by atoms with van der Waals surface area (Å²) in [6, 6.07) is 11.3. The summed E-state index contributed by atoms with van der Waals surface area (Å²) in [5.74, 6) is 1.05. The van der Waals surface area contributed by atoms with Crippen LogP contribution in [-0.4, -0.2) is 31.1 Å². The fourth-order valence-corrected chi connectivity index (χ4v) is 2.85. The number of nitrogens with zero attached hydrogens (tertiary/aromatic N) is 2. The van der Waals surface area contributed by atoms with E-state index in [0.29, 0.717) is 12.3 Å². The zero-order chi connectivity index (χ0) is 17.8. The van der Waals surface area contributed by atoms with E-state index in [9.17, 15) is 14.9 Å². The smallest absolute Gasteiger partial charge is 0.269 e. The average molecular weight is 342 g/mol. The fraction of sp³-hybridized carbons (Fsp3) is 0.278. The summed E-state index contributed by atoms with van der Waals surface area (Å²) in [4.78, 5) is 24.4. The summed E-state index contributed by atoms with van der Waals surface area (Å²) in [5, 5.41) is 10.6. The molecule has 2 aromatic rings. The number of hydrogen-bond donors (Lipinski definition) is 0. The molecule has 2 aromatic carbocycles. The van der Waals surface area contributed by atoms with Gasteiger partial charge in [0.15, 0.2) is 6.61 Å². The largest absolute Gasteiger partial charge is 0.497 e. The van der Waals surface area contributed by atoms with Gasteiger partial charge in [0.2, 0.25) is 0 Å². The minimum absolute atomic E-state index is 0.0161. The van der Waals surface area contributed by atoms with Crippen LogP contribution in [0.25, 0.3) is 0 Å². The normalized spacial score (nSPS) is 13.1. The predicted molar refractivity (Wildman–Crippen MR) is 92.3 cm³/mol. The van der Waals surface area contributed by atoms with Crippen molar-refractivity contribution in [1.82, 2.24) is 0 Å². The summed E-state index contributed by atoms with van der Waals surface area (Å²) in [7, 11) is 1.62. The molecule has 1 amide bonds. The van der Waals surface area contributed by atoms with Gasteiger partial charge in [0.25, 0.3) is 11.6 Å². The SMILES string of the molecule is COc1ccc2c(c1)CCCN2C(=O)COc1ccc([N+](=O)[O-])cc1. The number of nitro benzene ring substituents is 1. The van der Waals surface area contributed by atoms with Crippen LogP contribution >= 0.6 is 0 Å². The second-order valence-corrected chi connectivity index (χ2v) is 5.68. The van der Waals surface area contributed by atoms with Crippen LogP contribution in [0, 0.1) is 10.1 Å². The molecule has 0 saturated heterocycles. The van der Waals surface area contributed by atoms with Gasteiger partial charge < -0.3 is 14.4 Å². The highest BCUT2D eigenvalue weighted by Gasteiger charge is 2.23. The Morgan fingerprint density at radius 2 is 1.92 bits per heavy atom. The Bertz CT molecular complexity index is 789. The maximum atomic E-state index is 12.5. The molecule has 25 heavy (non-hydrogen) atoms. The number of benzene rings is 2. The van der Waals surface area contributed by atoms with E-state index in [0.717, 1.165) is 29.8 Å². The lowest BCUT2D eigenvalue weighted by Gasteiger charge is -2.29. The van der Waals surface area contributed by atoms with Crippen LogP contribution in [0.2, 0.25) is 0 Å². The molecule has 7 heteroatoms. The van der Waals surface area contributed by atoms with Gasteiger partial charge in [-0.15, -0.1) is 0 Å². The Balaban J connectivity index is 1.67. The maximum Gasteiger partial charge on any atom is 0.269 e. The minimum atomic E-state index is -0.478. The number of nitro groups is 1. The maximum absolute atomic E-state index is 12.5. The molecule has 0 saturated carbocycles. The standard InChI is InChI=1S/C18H18N2O5/c1-24-16-8-9-17-13(11-16)3-2-10-19(17)18(21)12-25-15-6-4-14(5-7-15)20(22)23/h4-9,11H,2-3,10,12H2,1H3. The molecule has 130 valence electrons. The zero-order valence-electron chi connectivity index (χ0n) is 13.8. The summed E-state index contributed by atoms with van der Waals surface area (Å²) < 4.78 is 10.7. The topological polar surface area (TPSA) is 81.9 Å². The molecule has 0 spiro atoms. The van der Waals surface area contributed by atoms with Gasteiger partial charge in [-0.25, -0.2) is 0 Å². The van der Waals surface area contributed by atoms with Gasteiger partial charge in [0.1, 0.15) is 11.5 Å². The number of fused-ring (bicyclic) bond motifs is 1. The number of hydrogen-bond acceptors (Lipinski definition) is 5. The molecule has 7 nitrogen and oxygen atoms in total. The lowest BCUT2D eigenvalue weighted by Crippen LogP contribution is -2.38.